The Morgan fingerprint density at radius 1 is 1.13 bits per heavy atom. The van der Waals surface area contributed by atoms with Crippen LogP contribution in [-0.4, -0.2) is 41.9 Å². The maximum absolute atomic E-state index is 13.0. The molecule has 2 unspecified atom stereocenters. The van der Waals surface area contributed by atoms with Gasteiger partial charge in [-0.05, 0) is 62.9 Å². The van der Waals surface area contributed by atoms with E-state index in [1.807, 2.05) is 51.1 Å². The molecule has 0 aromatic heterocycles. The third kappa shape index (κ3) is 7.06. The molecule has 0 heterocycles. The lowest BCUT2D eigenvalue weighted by atomic mass is 10.1. The van der Waals surface area contributed by atoms with Crippen LogP contribution in [-0.2, 0) is 16.0 Å². The van der Waals surface area contributed by atoms with Gasteiger partial charge in [-0.25, -0.2) is 0 Å². The molecule has 162 valence electrons. The Morgan fingerprint density at radius 2 is 1.83 bits per heavy atom. The molecule has 2 amide bonds. The SMILES string of the molecule is CCC(C)NC(=O)C(C)N(CCc1ccccc1)C(=O)COc1ccc(Cl)c(C)c1. The van der Waals surface area contributed by atoms with Crippen molar-refractivity contribution in [2.24, 2.45) is 0 Å². The molecule has 0 radical (unpaired) electrons. The molecule has 0 fully saturated rings. The summed E-state index contributed by atoms with van der Waals surface area (Å²) in [6.07, 6.45) is 1.49. The van der Waals surface area contributed by atoms with Crippen LogP contribution in [0.25, 0.3) is 0 Å². The van der Waals surface area contributed by atoms with Crippen LogP contribution >= 0.6 is 11.6 Å². The van der Waals surface area contributed by atoms with E-state index in [4.69, 9.17) is 16.3 Å². The summed E-state index contributed by atoms with van der Waals surface area (Å²) in [7, 11) is 0. The zero-order valence-electron chi connectivity index (χ0n) is 18.2. The molecule has 0 spiro atoms. The number of amides is 2. The second kappa shape index (κ2) is 11.6. The Labute approximate surface area is 184 Å². The highest BCUT2D eigenvalue weighted by atomic mass is 35.5. The Kier molecular flexibility index (Phi) is 9.18. The normalized spacial score (nSPS) is 12.7. The minimum absolute atomic E-state index is 0.0549. The van der Waals surface area contributed by atoms with Gasteiger partial charge < -0.3 is 15.0 Å². The van der Waals surface area contributed by atoms with Crippen molar-refractivity contribution in [3.63, 3.8) is 0 Å². The van der Waals surface area contributed by atoms with E-state index in [1.165, 1.54) is 0 Å². The summed E-state index contributed by atoms with van der Waals surface area (Å²) in [6, 6.07) is 14.6. The molecule has 2 aromatic carbocycles. The highest BCUT2D eigenvalue weighted by Gasteiger charge is 2.26. The zero-order valence-corrected chi connectivity index (χ0v) is 18.9. The molecular formula is C24H31ClN2O3. The average Bonchev–Trinajstić information content (AvgIpc) is 2.75. The van der Waals surface area contributed by atoms with Gasteiger partial charge in [-0.15, -0.1) is 0 Å². The van der Waals surface area contributed by atoms with Crippen molar-refractivity contribution in [1.29, 1.82) is 0 Å². The fourth-order valence-corrected chi connectivity index (χ4v) is 3.09. The van der Waals surface area contributed by atoms with E-state index in [1.54, 1.807) is 30.0 Å². The van der Waals surface area contributed by atoms with Crippen molar-refractivity contribution < 1.29 is 14.3 Å². The van der Waals surface area contributed by atoms with E-state index in [0.29, 0.717) is 23.7 Å². The van der Waals surface area contributed by atoms with E-state index in [2.05, 4.69) is 5.32 Å². The molecule has 1 N–H and O–H groups in total. The predicted octanol–water partition coefficient (Wildman–Crippen LogP) is 4.40. The van der Waals surface area contributed by atoms with Crippen molar-refractivity contribution >= 4 is 23.4 Å². The average molecular weight is 431 g/mol. The monoisotopic (exact) mass is 430 g/mol. The highest BCUT2D eigenvalue weighted by Crippen LogP contribution is 2.21. The molecule has 2 aromatic rings. The summed E-state index contributed by atoms with van der Waals surface area (Å²) in [4.78, 5) is 27.2. The van der Waals surface area contributed by atoms with Gasteiger partial charge in [-0.1, -0.05) is 48.9 Å². The van der Waals surface area contributed by atoms with Gasteiger partial charge in [0.25, 0.3) is 5.91 Å². The molecule has 0 bridgehead atoms. The predicted molar refractivity (Wildman–Crippen MR) is 121 cm³/mol. The fraction of sp³-hybridized carbons (Fsp3) is 0.417. The first-order valence-corrected chi connectivity index (χ1v) is 10.7. The lowest BCUT2D eigenvalue weighted by molar-refractivity contribution is -0.141. The maximum atomic E-state index is 13.0. The minimum atomic E-state index is -0.592. The summed E-state index contributed by atoms with van der Waals surface area (Å²) in [6.45, 7) is 7.89. The van der Waals surface area contributed by atoms with Gasteiger partial charge >= 0.3 is 0 Å². The highest BCUT2D eigenvalue weighted by molar-refractivity contribution is 6.31. The molecule has 30 heavy (non-hydrogen) atoms. The van der Waals surface area contributed by atoms with Crippen LogP contribution in [0.2, 0.25) is 5.02 Å². The second-order valence-electron chi connectivity index (χ2n) is 7.52. The topological polar surface area (TPSA) is 58.6 Å². The first-order chi connectivity index (χ1) is 14.3. The van der Waals surface area contributed by atoms with Crippen molar-refractivity contribution in [2.45, 2.75) is 52.6 Å². The molecule has 2 atom stereocenters. The summed E-state index contributed by atoms with van der Waals surface area (Å²) in [5.74, 6) is 0.184. The van der Waals surface area contributed by atoms with E-state index >= 15 is 0 Å². The first-order valence-electron chi connectivity index (χ1n) is 10.3. The van der Waals surface area contributed by atoms with Crippen molar-refractivity contribution in [3.05, 3.63) is 64.7 Å². The molecular weight excluding hydrogens is 400 g/mol. The van der Waals surface area contributed by atoms with Crippen LogP contribution < -0.4 is 10.1 Å². The molecule has 0 saturated heterocycles. The minimum Gasteiger partial charge on any atom is -0.484 e. The van der Waals surface area contributed by atoms with Crippen LogP contribution in [0.5, 0.6) is 5.75 Å². The number of nitrogens with zero attached hydrogens (tertiary/aromatic N) is 1. The van der Waals surface area contributed by atoms with Gasteiger partial charge in [0.15, 0.2) is 6.61 Å². The standard InChI is InChI=1S/C24H31ClN2O3/c1-5-18(3)26-24(29)19(4)27(14-13-20-9-7-6-8-10-20)23(28)16-30-21-11-12-22(25)17(2)15-21/h6-12,15,18-19H,5,13-14,16H2,1-4H3,(H,26,29). The fourth-order valence-electron chi connectivity index (χ4n) is 2.97. The number of carbonyl (C=O) groups is 2. The van der Waals surface area contributed by atoms with E-state index < -0.39 is 6.04 Å². The number of ether oxygens (including phenoxy) is 1. The Balaban J connectivity index is 2.08. The van der Waals surface area contributed by atoms with Crippen LogP contribution in [0.4, 0.5) is 0 Å². The van der Waals surface area contributed by atoms with E-state index in [9.17, 15) is 9.59 Å². The van der Waals surface area contributed by atoms with Gasteiger partial charge in [0.1, 0.15) is 11.8 Å². The largest absolute Gasteiger partial charge is 0.484 e. The van der Waals surface area contributed by atoms with Gasteiger partial charge in [0, 0.05) is 17.6 Å². The smallest absolute Gasteiger partial charge is 0.261 e. The number of carbonyl (C=O) groups excluding carboxylic acids is 2. The van der Waals surface area contributed by atoms with Gasteiger partial charge in [-0.2, -0.15) is 0 Å². The molecule has 0 aliphatic rings. The van der Waals surface area contributed by atoms with Crippen molar-refractivity contribution in [2.75, 3.05) is 13.2 Å². The number of aryl methyl sites for hydroxylation is 1. The molecule has 6 heteroatoms. The third-order valence-corrected chi connectivity index (χ3v) is 5.57. The van der Waals surface area contributed by atoms with Crippen molar-refractivity contribution in [1.82, 2.24) is 10.2 Å². The van der Waals surface area contributed by atoms with E-state index in [0.717, 1.165) is 17.5 Å². The summed E-state index contributed by atoms with van der Waals surface area (Å²) in [5, 5.41) is 3.61. The number of halogens is 1. The number of benzene rings is 2. The lowest BCUT2D eigenvalue weighted by Crippen LogP contribution is -2.51. The number of hydrogen-bond acceptors (Lipinski definition) is 3. The zero-order chi connectivity index (χ0) is 22.1. The van der Waals surface area contributed by atoms with E-state index in [-0.39, 0.29) is 24.5 Å². The van der Waals surface area contributed by atoms with Crippen LogP contribution in [0.1, 0.15) is 38.3 Å². The summed E-state index contributed by atoms with van der Waals surface area (Å²) in [5.41, 5.74) is 1.99. The molecule has 0 aliphatic heterocycles. The molecule has 2 rings (SSSR count). The van der Waals surface area contributed by atoms with Gasteiger partial charge in [0.05, 0.1) is 0 Å². The number of nitrogens with one attached hydrogen (secondary N) is 1. The van der Waals surface area contributed by atoms with Crippen LogP contribution in [0.15, 0.2) is 48.5 Å². The van der Waals surface area contributed by atoms with Crippen LogP contribution in [0, 0.1) is 6.92 Å². The molecule has 5 nitrogen and oxygen atoms in total. The Morgan fingerprint density at radius 3 is 2.47 bits per heavy atom. The van der Waals surface area contributed by atoms with Gasteiger partial charge in [0.2, 0.25) is 5.91 Å². The lowest BCUT2D eigenvalue weighted by Gasteiger charge is -2.29. The first kappa shape index (κ1) is 23.7. The quantitative estimate of drug-likeness (QED) is 0.607. The van der Waals surface area contributed by atoms with Gasteiger partial charge in [-0.3, -0.25) is 9.59 Å². The number of rotatable bonds is 10. The summed E-state index contributed by atoms with van der Waals surface area (Å²) >= 11 is 6.05. The summed E-state index contributed by atoms with van der Waals surface area (Å²) < 4.78 is 5.69. The second-order valence-corrected chi connectivity index (χ2v) is 7.92. The Bertz CT molecular complexity index is 842. The molecule has 0 aliphatic carbocycles. The third-order valence-electron chi connectivity index (χ3n) is 5.14. The number of hydrogen-bond donors (Lipinski definition) is 1. The van der Waals surface area contributed by atoms with Crippen LogP contribution in [0.3, 0.4) is 0 Å². The Hall–Kier alpha value is -2.53. The van der Waals surface area contributed by atoms with Crippen molar-refractivity contribution in [3.8, 4) is 5.75 Å². The maximum Gasteiger partial charge on any atom is 0.261 e. The molecule has 0 saturated carbocycles.